The van der Waals surface area contributed by atoms with Crippen LogP contribution in [0.25, 0.3) is 0 Å². The molecule has 0 spiro atoms. The lowest BCUT2D eigenvalue weighted by Gasteiger charge is -2.16. The first kappa shape index (κ1) is 12.2. The van der Waals surface area contributed by atoms with Crippen molar-refractivity contribution in [3.8, 4) is 0 Å². The summed E-state index contributed by atoms with van der Waals surface area (Å²) in [6.07, 6.45) is 4.40. The summed E-state index contributed by atoms with van der Waals surface area (Å²) < 4.78 is 1.81. The molecule has 0 N–H and O–H groups in total. The zero-order valence-corrected chi connectivity index (χ0v) is 11.0. The Kier molecular flexibility index (Phi) is 3.21. The molecule has 1 amide bonds. The molecule has 98 valence electrons. The van der Waals surface area contributed by atoms with E-state index in [9.17, 15) is 4.79 Å². The molecule has 1 aromatic carbocycles. The van der Waals surface area contributed by atoms with Crippen LogP contribution in [0.3, 0.4) is 0 Å². The monoisotopic (exact) mass is 276 g/mol. The molecule has 0 bridgehead atoms. The van der Waals surface area contributed by atoms with Gasteiger partial charge in [-0.25, -0.2) is 4.68 Å². The number of benzene rings is 1. The second-order valence-electron chi connectivity index (χ2n) is 4.58. The Morgan fingerprint density at radius 1 is 1.32 bits per heavy atom. The zero-order valence-electron chi connectivity index (χ0n) is 10.2. The zero-order chi connectivity index (χ0) is 13.2. The van der Waals surface area contributed by atoms with Gasteiger partial charge in [-0.15, -0.1) is 5.10 Å². The molecule has 2 aromatic rings. The Labute approximate surface area is 115 Å². The number of nitrogens with zero attached hydrogens (tertiary/aromatic N) is 4. The van der Waals surface area contributed by atoms with E-state index in [1.54, 1.807) is 30.5 Å². The summed E-state index contributed by atoms with van der Waals surface area (Å²) >= 11 is 5.82. The molecule has 6 heteroatoms. The van der Waals surface area contributed by atoms with Gasteiger partial charge >= 0.3 is 0 Å². The van der Waals surface area contributed by atoms with E-state index in [1.807, 2.05) is 15.8 Å². The Morgan fingerprint density at radius 2 is 2.11 bits per heavy atom. The van der Waals surface area contributed by atoms with E-state index < -0.39 is 0 Å². The summed E-state index contributed by atoms with van der Waals surface area (Å²) in [6.45, 7) is 1.41. The van der Waals surface area contributed by atoms with Crippen LogP contribution in [-0.2, 0) is 0 Å². The summed E-state index contributed by atoms with van der Waals surface area (Å²) in [5, 5.41) is 8.42. The highest BCUT2D eigenvalue weighted by Gasteiger charge is 2.28. The summed E-state index contributed by atoms with van der Waals surface area (Å²) in [7, 11) is 0. The maximum atomic E-state index is 12.3. The van der Waals surface area contributed by atoms with Crippen molar-refractivity contribution in [3.05, 3.63) is 47.2 Å². The first-order valence-electron chi connectivity index (χ1n) is 6.14. The van der Waals surface area contributed by atoms with Crippen LogP contribution in [0.15, 0.2) is 36.7 Å². The fourth-order valence-electron chi connectivity index (χ4n) is 2.33. The van der Waals surface area contributed by atoms with Crippen LogP contribution in [-0.4, -0.2) is 38.9 Å². The van der Waals surface area contributed by atoms with Crippen LogP contribution >= 0.6 is 11.6 Å². The van der Waals surface area contributed by atoms with Crippen LogP contribution in [0, 0.1) is 0 Å². The number of amides is 1. The summed E-state index contributed by atoms with van der Waals surface area (Å²) in [5.74, 6) is 0.0410. The Balaban J connectivity index is 1.71. The minimum Gasteiger partial charge on any atom is -0.336 e. The highest BCUT2D eigenvalue weighted by atomic mass is 35.5. The largest absolute Gasteiger partial charge is 0.336 e. The predicted molar refractivity (Wildman–Crippen MR) is 71.0 cm³/mol. The first-order chi connectivity index (χ1) is 9.24. The van der Waals surface area contributed by atoms with Crippen LogP contribution in [0.5, 0.6) is 0 Å². The molecule has 1 saturated heterocycles. The van der Waals surface area contributed by atoms with E-state index in [4.69, 9.17) is 11.6 Å². The van der Waals surface area contributed by atoms with E-state index in [0.29, 0.717) is 17.1 Å². The molecule has 0 radical (unpaired) electrons. The van der Waals surface area contributed by atoms with Gasteiger partial charge in [-0.3, -0.25) is 4.79 Å². The van der Waals surface area contributed by atoms with Gasteiger partial charge in [-0.2, -0.15) is 0 Å². The van der Waals surface area contributed by atoms with Gasteiger partial charge in [0.05, 0.1) is 12.2 Å². The molecule has 0 saturated carbocycles. The Hall–Kier alpha value is -1.88. The molecule has 19 heavy (non-hydrogen) atoms. The van der Waals surface area contributed by atoms with Crippen molar-refractivity contribution in [2.24, 2.45) is 0 Å². The maximum absolute atomic E-state index is 12.3. The number of rotatable bonds is 2. The standard InChI is InChI=1S/C13H13ClN4O/c14-11-3-1-10(2-4-11)13(19)17-7-5-12(9-17)18-8-6-15-16-18/h1-4,6,8,12H,5,7,9H2/t12-/m0/s1. The third-order valence-corrected chi connectivity index (χ3v) is 3.61. The maximum Gasteiger partial charge on any atom is 0.253 e. The Bertz CT molecular complexity index is 567. The summed E-state index contributed by atoms with van der Waals surface area (Å²) in [6, 6.07) is 7.21. The molecule has 3 rings (SSSR count). The second kappa shape index (κ2) is 5.01. The van der Waals surface area contributed by atoms with Crippen LogP contribution in [0.1, 0.15) is 22.8 Å². The molecule has 1 aliphatic heterocycles. The van der Waals surface area contributed by atoms with Gasteiger partial charge in [0.2, 0.25) is 0 Å². The smallest absolute Gasteiger partial charge is 0.253 e. The van der Waals surface area contributed by atoms with Crippen molar-refractivity contribution in [3.63, 3.8) is 0 Å². The van der Waals surface area contributed by atoms with E-state index in [0.717, 1.165) is 13.0 Å². The number of aromatic nitrogens is 3. The van der Waals surface area contributed by atoms with Crippen LogP contribution in [0.2, 0.25) is 5.02 Å². The number of carbonyl (C=O) groups excluding carboxylic acids is 1. The fourth-order valence-corrected chi connectivity index (χ4v) is 2.46. The summed E-state index contributed by atoms with van der Waals surface area (Å²) in [5.41, 5.74) is 0.670. The van der Waals surface area contributed by atoms with Crippen LogP contribution in [0.4, 0.5) is 0 Å². The molecule has 1 aromatic heterocycles. The fraction of sp³-hybridized carbons (Fsp3) is 0.308. The van der Waals surface area contributed by atoms with Crippen molar-refractivity contribution < 1.29 is 4.79 Å². The molecule has 1 atom stereocenters. The van der Waals surface area contributed by atoms with Crippen molar-refractivity contribution in [1.29, 1.82) is 0 Å². The average molecular weight is 277 g/mol. The number of carbonyl (C=O) groups is 1. The SMILES string of the molecule is O=C(c1ccc(Cl)cc1)N1CC[C@H](n2ccnn2)C1. The van der Waals surface area contributed by atoms with Gasteiger partial charge in [0.1, 0.15) is 0 Å². The van der Waals surface area contributed by atoms with E-state index in [2.05, 4.69) is 10.3 Å². The van der Waals surface area contributed by atoms with Gasteiger partial charge in [-0.05, 0) is 30.7 Å². The molecule has 1 fully saturated rings. The third kappa shape index (κ3) is 2.46. The molecule has 1 aliphatic rings. The number of likely N-dealkylation sites (tertiary alicyclic amines) is 1. The number of hydrogen-bond donors (Lipinski definition) is 0. The van der Waals surface area contributed by atoms with Crippen LogP contribution < -0.4 is 0 Å². The van der Waals surface area contributed by atoms with Crippen molar-refractivity contribution in [2.45, 2.75) is 12.5 Å². The lowest BCUT2D eigenvalue weighted by Crippen LogP contribution is -2.29. The molecule has 5 nitrogen and oxygen atoms in total. The quantitative estimate of drug-likeness (QED) is 0.843. The van der Waals surface area contributed by atoms with Gasteiger partial charge < -0.3 is 4.90 Å². The van der Waals surface area contributed by atoms with E-state index >= 15 is 0 Å². The van der Waals surface area contributed by atoms with Crippen molar-refractivity contribution in [1.82, 2.24) is 19.9 Å². The highest BCUT2D eigenvalue weighted by molar-refractivity contribution is 6.30. The van der Waals surface area contributed by atoms with Crippen molar-refractivity contribution >= 4 is 17.5 Å². The van der Waals surface area contributed by atoms with Crippen molar-refractivity contribution in [2.75, 3.05) is 13.1 Å². The average Bonchev–Trinajstić information content (AvgIpc) is 3.10. The predicted octanol–water partition coefficient (Wildman–Crippen LogP) is 2.02. The van der Waals surface area contributed by atoms with Gasteiger partial charge in [0, 0.05) is 29.9 Å². The number of hydrogen-bond acceptors (Lipinski definition) is 3. The van der Waals surface area contributed by atoms with Gasteiger partial charge in [0.15, 0.2) is 0 Å². The Morgan fingerprint density at radius 3 is 2.79 bits per heavy atom. The minimum absolute atomic E-state index is 0.0410. The van der Waals surface area contributed by atoms with Gasteiger partial charge in [-0.1, -0.05) is 16.8 Å². The molecular formula is C13H13ClN4O. The third-order valence-electron chi connectivity index (χ3n) is 3.36. The highest BCUT2D eigenvalue weighted by Crippen LogP contribution is 2.22. The topological polar surface area (TPSA) is 51.0 Å². The van der Waals surface area contributed by atoms with Gasteiger partial charge in [0.25, 0.3) is 5.91 Å². The lowest BCUT2D eigenvalue weighted by molar-refractivity contribution is 0.0787. The summed E-state index contributed by atoms with van der Waals surface area (Å²) in [4.78, 5) is 14.2. The van der Waals surface area contributed by atoms with E-state index in [-0.39, 0.29) is 11.9 Å². The second-order valence-corrected chi connectivity index (χ2v) is 5.02. The molecule has 0 aliphatic carbocycles. The molecule has 0 unspecified atom stereocenters. The molecular weight excluding hydrogens is 264 g/mol. The van der Waals surface area contributed by atoms with E-state index in [1.165, 1.54) is 0 Å². The first-order valence-corrected chi connectivity index (χ1v) is 6.52. The normalized spacial score (nSPS) is 18.8. The minimum atomic E-state index is 0.0410. The number of halogens is 1. The lowest BCUT2D eigenvalue weighted by atomic mass is 10.2. The molecule has 2 heterocycles.